The zero-order chi connectivity index (χ0) is 19.7. The molecule has 0 saturated carbocycles. The first-order valence-corrected chi connectivity index (χ1v) is 10.4. The van der Waals surface area contributed by atoms with Gasteiger partial charge in [-0.15, -0.1) is 0 Å². The monoisotopic (exact) mass is 386 g/mol. The van der Waals surface area contributed by atoms with Crippen molar-refractivity contribution in [2.45, 2.75) is 58.9 Å². The quantitative estimate of drug-likeness (QED) is 0.806. The van der Waals surface area contributed by atoms with E-state index in [1.165, 1.54) is 11.5 Å². The van der Waals surface area contributed by atoms with Crippen LogP contribution in [0.25, 0.3) is 0 Å². The number of aryl methyl sites for hydroxylation is 3. The van der Waals surface area contributed by atoms with Crippen molar-refractivity contribution in [2.24, 2.45) is 5.92 Å². The maximum Gasteiger partial charge on any atom is 0.259 e. The molecule has 0 N–H and O–H groups in total. The number of amides is 1. The maximum absolute atomic E-state index is 13.0. The molecule has 152 valence electrons. The third-order valence-corrected chi connectivity index (χ3v) is 6.17. The summed E-state index contributed by atoms with van der Waals surface area (Å²) >= 11 is 0. The minimum atomic E-state index is 0.0490. The number of hydrogen-bond donors (Lipinski definition) is 0. The first kappa shape index (κ1) is 19.2. The van der Waals surface area contributed by atoms with Crippen molar-refractivity contribution in [3.63, 3.8) is 0 Å². The lowest BCUT2D eigenvalue weighted by atomic mass is 9.95. The summed E-state index contributed by atoms with van der Waals surface area (Å²) < 4.78 is 13.1. The van der Waals surface area contributed by atoms with E-state index in [4.69, 9.17) is 14.2 Å². The SMILES string of the molecule is Cc1noc(C)c1C(=O)N1CCCC(Cn2c(C)cnc2C2CCOCC2)C1. The topological polar surface area (TPSA) is 73.4 Å². The molecule has 0 aliphatic carbocycles. The van der Waals surface area contributed by atoms with Crippen molar-refractivity contribution >= 4 is 5.91 Å². The van der Waals surface area contributed by atoms with Crippen LogP contribution in [-0.2, 0) is 11.3 Å². The third kappa shape index (κ3) is 3.72. The predicted octanol–water partition coefficient (Wildman–Crippen LogP) is 3.24. The molecule has 2 aliphatic heterocycles. The largest absolute Gasteiger partial charge is 0.381 e. The van der Waals surface area contributed by atoms with Gasteiger partial charge in [-0.3, -0.25) is 4.79 Å². The first-order chi connectivity index (χ1) is 13.5. The zero-order valence-corrected chi connectivity index (χ0v) is 17.1. The van der Waals surface area contributed by atoms with E-state index in [2.05, 4.69) is 16.6 Å². The van der Waals surface area contributed by atoms with Crippen LogP contribution in [0.4, 0.5) is 0 Å². The van der Waals surface area contributed by atoms with E-state index in [-0.39, 0.29) is 5.91 Å². The molecule has 2 fully saturated rings. The van der Waals surface area contributed by atoms with E-state index in [0.29, 0.717) is 28.9 Å². The Morgan fingerprint density at radius 2 is 2.00 bits per heavy atom. The number of piperidine rings is 1. The predicted molar refractivity (Wildman–Crippen MR) is 104 cm³/mol. The Kier molecular flexibility index (Phi) is 5.53. The molecule has 0 spiro atoms. The van der Waals surface area contributed by atoms with Crippen molar-refractivity contribution < 1.29 is 14.1 Å². The molecule has 28 heavy (non-hydrogen) atoms. The molecule has 1 atom stereocenters. The van der Waals surface area contributed by atoms with Gasteiger partial charge in [0.05, 0.1) is 5.69 Å². The van der Waals surface area contributed by atoms with Crippen molar-refractivity contribution in [2.75, 3.05) is 26.3 Å². The lowest BCUT2D eigenvalue weighted by Crippen LogP contribution is -2.41. The van der Waals surface area contributed by atoms with Crippen LogP contribution in [0.3, 0.4) is 0 Å². The zero-order valence-electron chi connectivity index (χ0n) is 17.1. The lowest BCUT2D eigenvalue weighted by molar-refractivity contribution is 0.0654. The van der Waals surface area contributed by atoms with Gasteiger partial charge in [-0.05, 0) is 52.4 Å². The number of carbonyl (C=O) groups is 1. The van der Waals surface area contributed by atoms with E-state index in [0.717, 1.165) is 58.5 Å². The second-order valence-corrected chi connectivity index (χ2v) is 8.21. The molecule has 2 aromatic rings. The highest BCUT2D eigenvalue weighted by Crippen LogP contribution is 2.29. The second kappa shape index (κ2) is 8.07. The molecule has 7 nitrogen and oxygen atoms in total. The summed E-state index contributed by atoms with van der Waals surface area (Å²) in [5, 5.41) is 3.94. The number of aromatic nitrogens is 3. The van der Waals surface area contributed by atoms with E-state index in [9.17, 15) is 4.79 Å². The molecule has 4 heterocycles. The van der Waals surface area contributed by atoms with Crippen LogP contribution in [0.2, 0.25) is 0 Å². The molecule has 0 aromatic carbocycles. The van der Waals surface area contributed by atoms with Crippen molar-refractivity contribution in [1.29, 1.82) is 0 Å². The molecule has 7 heteroatoms. The van der Waals surface area contributed by atoms with Crippen molar-refractivity contribution in [1.82, 2.24) is 19.6 Å². The summed E-state index contributed by atoms with van der Waals surface area (Å²) in [4.78, 5) is 19.7. The Labute approximate surface area is 166 Å². The normalized spacial score (nSPS) is 21.2. The number of rotatable bonds is 4. The molecular weight excluding hydrogens is 356 g/mol. The molecular formula is C21H30N4O3. The van der Waals surface area contributed by atoms with Gasteiger partial charge in [0.1, 0.15) is 17.1 Å². The average Bonchev–Trinajstić information content (AvgIpc) is 3.24. The molecule has 0 radical (unpaired) electrons. The number of hydrogen-bond acceptors (Lipinski definition) is 5. The van der Waals surface area contributed by atoms with Crippen LogP contribution in [0.5, 0.6) is 0 Å². The highest BCUT2D eigenvalue weighted by molar-refractivity contribution is 5.96. The van der Waals surface area contributed by atoms with Crippen molar-refractivity contribution in [3.05, 3.63) is 34.7 Å². The van der Waals surface area contributed by atoms with Crippen LogP contribution < -0.4 is 0 Å². The van der Waals surface area contributed by atoms with Crippen LogP contribution in [0, 0.1) is 26.7 Å². The fraction of sp³-hybridized carbons (Fsp3) is 0.667. The summed E-state index contributed by atoms with van der Waals surface area (Å²) in [6, 6.07) is 0. The highest BCUT2D eigenvalue weighted by Gasteiger charge is 2.30. The van der Waals surface area contributed by atoms with E-state index in [1.807, 2.05) is 24.9 Å². The Balaban J connectivity index is 1.47. The molecule has 2 aliphatic rings. The Morgan fingerprint density at radius 3 is 2.71 bits per heavy atom. The van der Waals surface area contributed by atoms with Gasteiger partial charge in [0.15, 0.2) is 0 Å². The first-order valence-electron chi connectivity index (χ1n) is 10.4. The van der Waals surface area contributed by atoms with Crippen LogP contribution in [0.15, 0.2) is 10.7 Å². The van der Waals surface area contributed by atoms with Gasteiger partial charge >= 0.3 is 0 Å². The van der Waals surface area contributed by atoms with Crippen LogP contribution >= 0.6 is 0 Å². The minimum Gasteiger partial charge on any atom is -0.381 e. The van der Waals surface area contributed by atoms with Gasteiger partial charge in [-0.1, -0.05) is 5.16 Å². The molecule has 0 bridgehead atoms. The Morgan fingerprint density at radius 1 is 1.21 bits per heavy atom. The smallest absolute Gasteiger partial charge is 0.259 e. The van der Waals surface area contributed by atoms with E-state index >= 15 is 0 Å². The summed E-state index contributed by atoms with van der Waals surface area (Å²) in [6.07, 6.45) is 6.23. The van der Waals surface area contributed by atoms with E-state index < -0.39 is 0 Å². The number of carbonyl (C=O) groups excluding carboxylic acids is 1. The molecule has 1 unspecified atom stereocenters. The van der Waals surface area contributed by atoms with Gasteiger partial charge in [0.2, 0.25) is 0 Å². The average molecular weight is 386 g/mol. The number of imidazole rings is 1. The summed E-state index contributed by atoms with van der Waals surface area (Å²) in [6.45, 7) is 9.90. The highest BCUT2D eigenvalue weighted by atomic mass is 16.5. The standard InChI is InChI=1S/C21H30N4O3/c1-14-11-22-20(18-6-9-27-10-7-18)25(14)13-17-5-4-8-24(12-17)21(26)19-15(2)23-28-16(19)3/h11,17-18H,4-10,12-13H2,1-3H3. The second-order valence-electron chi connectivity index (χ2n) is 8.21. The summed E-state index contributed by atoms with van der Waals surface area (Å²) in [5.41, 5.74) is 2.51. The lowest BCUT2D eigenvalue weighted by Gasteiger charge is -2.34. The van der Waals surface area contributed by atoms with Gasteiger partial charge in [0.25, 0.3) is 5.91 Å². The van der Waals surface area contributed by atoms with Gasteiger partial charge < -0.3 is 18.7 Å². The fourth-order valence-electron chi connectivity index (χ4n) is 4.60. The maximum atomic E-state index is 13.0. The fourth-order valence-corrected chi connectivity index (χ4v) is 4.60. The van der Waals surface area contributed by atoms with Gasteiger partial charge in [-0.25, -0.2) is 4.98 Å². The molecule has 1 amide bonds. The number of likely N-dealkylation sites (tertiary alicyclic amines) is 1. The Bertz CT molecular complexity index is 815. The van der Waals surface area contributed by atoms with Crippen LogP contribution in [0.1, 0.15) is 64.9 Å². The van der Waals surface area contributed by atoms with Gasteiger partial charge in [-0.2, -0.15) is 0 Å². The van der Waals surface area contributed by atoms with Gasteiger partial charge in [0, 0.05) is 50.7 Å². The number of nitrogens with zero attached hydrogens (tertiary/aromatic N) is 4. The van der Waals surface area contributed by atoms with Crippen molar-refractivity contribution in [3.8, 4) is 0 Å². The van der Waals surface area contributed by atoms with Crippen LogP contribution in [-0.4, -0.2) is 51.8 Å². The third-order valence-electron chi connectivity index (χ3n) is 6.17. The summed E-state index contributed by atoms with van der Waals surface area (Å²) in [5.74, 6) is 2.76. The van der Waals surface area contributed by atoms with E-state index in [1.54, 1.807) is 0 Å². The molecule has 2 aromatic heterocycles. The summed E-state index contributed by atoms with van der Waals surface area (Å²) in [7, 11) is 0. The Hall–Kier alpha value is -2.15. The number of ether oxygens (including phenoxy) is 1. The molecule has 2 saturated heterocycles. The minimum absolute atomic E-state index is 0.0490. The molecule has 4 rings (SSSR count).